The summed E-state index contributed by atoms with van der Waals surface area (Å²) in [6.07, 6.45) is 0.126. The van der Waals surface area contributed by atoms with Crippen LogP contribution in [0.2, 0.25) is 0 Å². The van der Waals surface area contributed by atoms with Crippen LogP contribution >= 0.6 is 11.8 Å². The Bertz CT molecular complexity index is 1510. The molecular formula is C33H41N3O5S2. The summed E-state index contributed by atoms with van der Waals surface area (Å²) in [5.41, 5.74) is 3.79. The van der Waals surface area contributed by atoms with Crippen molar-refractivity contribution in [1.29, 1.82) is 0 Å². The molecule has 10 heteroatoms. The number of nitrogens with zero attached hydrogens (tertiary/aromatic N) is 1. The quantitative estimate of drug-likeness (QED) is 0.279. The first-order valence-electron chi connectivity index (χ1n) is 14.5. The molecular weight excluding hydrogens is 583 g/mol. The third-order valence-corrected chi connectivity index (χ3v) is 10.7. The van der Waals surface area contributed by atoms with E-state index >= 15 is 0 Å². The Kier molecular flexibility index (Phi) is 10.7. The summed E-state index contributed by atoms with van der Waals surface area (Å²) in [5, 5.41) is 14.4. The molecule has 1 fully saturated rings. The predicted octanol–water partition coefficient (Wildman–Crippen LogP) is 4.19. The Morgan fingerprint density at radius 1 is 1.00 bits per heavy atom. The fourth-order valence-corrected chi connectivity index (χ4v) is 7.70. The number of aliphatic hydroxyl groups is 1. The number of hydrogen-bond donors (Lipinski definition) is 3. The molecule has 1 aliphatic heterocycles. The van der Waals surface area contributed by atoms with Gasteiger partial charge in [0, 0.05) is 11.3 Å². The molecule has 3 atom stereocenters. The van der Waals surface area contributed by atoms with E-state index in [2.05, 4.69) is 17.0 Å². The van der Waals surface area contributed by atoms with E-state index in [0.29, 0.717) is 6.54 Å². The molecule has 2 amide bonds. The molecule has 4 rings (SSSR count). The molecule has 0 unspecified atom stereocenters. The smallest absolute Gasteiger partial charge is 0.254 e. The molecule has 0 radical (unpaired) electrons. The lowest BCUT2D eigenvalue weighted by Crippen LogP contribution is -2.58. The molecule has 43 heavy (non-hydrogen) atoms. The number of nitrogens with one attached hydrogen (secondary N) is 2. The molecule has 3 aromatic rings. The maximum Gasteiger partial charge on any atom is 0.254 e. The van der Waals surface area contributed by atoms with E-state index < -0.39 is 38.9 Å². The highest BCUT2D eigenvalue weighted by Crippen LogP contribution is 2.40. The Morgan fingerprint density at radius 2 is 1.65 bits per heavy atom. The van der Waals surface area contributed by atoms with Crippen molar-refractivity contribution >= 4 is 33.6 Å². The SMILES string of the molecule is CCCc1ccc(S(=O)(=O)N[C@@H](Cc2ccccc2)[C@H](O)C(=O)N2CSC(C)(C)[C@H]2C(=O)NCc2ccccc2C)cc1. The summed E-state index contributed by atoms with van der Waals surface area (Å²) in [4.78, 5) is 28.8. The number of aryl methyl sites for hydroxylation is 2. The minimum absolute atomic E-state index is 0.0522. The van der Waals surface area contributed by atoms with Crippen LogP contribution in [0, 0.1) is 6.92 Å². The summed E-state index contributed by atoms with van der Waals surface area (Å²) in [5.74, 6) is -0.836. The lowest BCUT2D eigenvalue weighted by molar-refractivity contribution is -0.147. The number of carbonyl (C=O) groups is 2. The molecule has 1 aliphatic rings. The molecule has 3 N–H and O–H groups in total. The van der Waals surface area contributed by atoms with Gasteiger partial charge in [-0.15, -0.1) is 11.8 Å². The van der Waals surface area contributed by atoms with Gasteiger partial charge in [0.25, 0.3) is 5.91 Å². The third-order valence-electron chi connectivity index (χ3n) is 7.80. The van der Waals surface area contributed by atoms with Gasteiger partial charge in [0.05, 0.1) is 16.8 Å². The van der Waals surface area contributed by atoms with Gasteiger partial charge in [-0.1, -0.05) is 80.1 Å². The number of rotatable bonds is 12. The zero-order valence-corrected chi connectivity index (χ0v) is 26.8. The van der Waals surface area contributed by atoms with Crippen LogP contribution in [0.5, 0.6) is 0 Å². The van der Waals surface area contributed by atoms with Crippen LogP contribution in [-0.2, 0) is 39.0 Å². The highest BCUT2D eigenvalue weighted by molar-refractivity contribution is 8.00. The van der Waals surface area contributed by atoms with E-state index in [1.807, 2.05) is 75.4 Å². The minimum Gasteiger partial charge on any atom is -0.382 e. The Balaban J connectivity index is 1.57. The fourth-order valence-electron chi connectivity index (χ4n) is 5.32. The maximum atomic E-state index is 13.9. The number of hydrogen-bond acceptors (Lipinski definition) is 6. The van der Waals surface area contributed by atoms with Crippen molar-refractivity contribution < 1.29 is 23.1 Å². The number of thioether (sulfide) groups is 1. The molecule has 3 aromatic carbocycles. The second-order valence-corrected chi connectivity index (χ2v) is 14.8. The topological polar surface area (TPSA) is 116 Å². The van der Waals surface area contributed by atoms with E-state index in [4.69, 9.17) is 0 Å². The van der Waals surface area contributed by atoms with Crippen molar-refractivity contribution in [2.75, 3.05) is 5.88 Å². The van der Waals surface area contributed by atoms with E-state index in [1.165, 1.54) is 28.8 Å². The van der Waals surface area contributed by atoms with Gasteiger partial charge in [-0.2, -0.15) is 0 Å². The van der Waals surface area contributed by atoms with Crippen molar-refractivity contribution in [2.24, 2.45) is 0 Å². The van der Waals surface area contributed by atoms with Gasteiger partial charge in [0.15, 0.2) is 0 Å². The van der Waals surface area contributed by atoms with Gasteiger partial charge >= 0.3 is 0 Å². The highest BCUT2D eigenvalue weighted by Gasteiger charge is 2.50. The fraction of sp³-hybridized carbons (Fsp3) is 0.394. The molecule has 0 aliphatic carbocycles. The van der Waals surface area contributed by atoms with Crippen LogP contribution < -0.4 is 10.0 Å². The first-order chi connectivity index (χ1) is 20.4. The normalized spacial score (nSPS) is 17.8. The van der Waals surface area contributed by atoms with Gasteiger partial charge in [-0.3, -0.25) is 9.59 Å². The molecule has 0 aromatic heterocycles. The predicted molar refractivity (Wildman–Crippen MR) is 171 cm³/mol. The van der Waals surface area contributed by atoms with E-state index in [1.54, 1.807) is 12.1 Å². The summed E-state index contributed by atoms with van der Waals surface area (Å²) >= 11 is 1.44. The Morgan fingerprint density at radius 3 is 2.30 bits per heavy atom. The molecule has 0 saturated carbocycles. The summed E-state index contributed by atoms with van der Waals surface area (Å²) in [6.45, 7) is 8.11. The van der Waals surface area contributed by atoms with Gasteiger partial charge in [-0.25, -0.2) is 13.1 Å². The van der Waals surface area contributed by atoms with Crippen LogP contribution in [0.3, 0.4) is 0 Å². The highest BCUT2D eigenvalue weighted by atomic mass is 32.2. The number of sulfonamides is 1. The largest absolute Gasteiger partial charge is 0.382 e. The van der Waals surface area contributed by atoms with Gasteiger partial charge in [-0.05, 0) is 68.0 Å². The van der Waals surface area contributed by atoms with Crippen LogP contribution in [0.4, 0.5) is 0 Å². The number of benzene rings is 3. The summed E-state index contributed by atoms with van der Waals surface area (Å²) < 4.78 is 28.9. The zero-order valence-electron chi connectivity index (χ0n) is 25.1. The van der Waals surface area contributed by atoms with Crippen molar-refractivity contribution in [1.82, 2.24) is 14.9 Å². The molecule has 1 saturated heterocycles. The van der Waals surface area contributed by atoms with Crippen molar-refractivity contribution in [3.05, 3.63) is 101 Å². The first kappa shape index (κ1) is 32.7. The van der Waals surface area contributed by atoms with Crippen molar-refractivity contribution in [3.8, 4) is 0 Å². The minimum atomic E-state index is -4.07. The number of amides is 2. The molecule has 8 nitrogen and oxygen atoms in total. The first-order valence-corrected chi connectivity index (χ1v) is 17.0. The van der Waals surface area contributed by atoms with E-state index in [-0.39, 0.29) is 23.1 Å². The lowest BCUT2D eigenvalue weighted by atomic mass is 9.97. The molecule has 1 heterocycles. The average Bonchev–Trinajstić information content (AvgIpc) is 3.31. The monoisotopic (exact) mass is 623 g/mol. The van der Waals surface area contributed by atoms with Crippen molar-refractivity contribution in [2.45, 2.75) is 81.3 Å². The van der Waals surface area contributed by atoms with E-state index in [0.717, 1.165) is 35.1 Å². The van der Waals surface area contributed by atoms with E-state index in [9.17, 15) is 23.1 Å². The lowest BCUT2D eigenvalue weighted by Gasteiger charge is -2.33. The van der Waals surface area contributed by atoms with Gasteiger partial charge in [0.1, 0.15) is 12.1 Å². The van der Waals surface area contributed by atoms with Gasteiger partial charge in [0.2, 0.25) is 15.9 Å². The second kappa shape index (κ2) is 14.1. The van der Waals surface area contributed by atoms with Crippen LogP contribution in [0.1, 0.15) is 49.4 Å². The zero-order chi connectivity index (χ0) is 31.2. The number of carbonyl (C=O) groups excluding carboxylic acids is 2. The Labute approximate surface area is 259 Å². The van der Waals surface area contributed by atoms with Crippen molar-refractivity contribution in [3.63, 3.8) is 0 Å². The summed E-state index contributed by atoms with van der Waals surface area (Å²) in [6, 6.07) is 21.4. The van der Waals surface area contributed by atoms with Crippen LogP contribution in [0.15, 0.2) is 83.8 Å². The standard InChI is InChI=1S/C33H41N3O5S2/c1-5-11-24-16-18-27(19-17-24)43(40,41)35-28(20-25-13-7-6-8-14-25)29(37)32(39)36-22-42-33(3,4)30(36)31(38)34-21-26-15-10-9-12-23(26)2/h6-10,12-19,28-30,35,37H,5,11,20-22H2,1-4H3,(H,34,38)/t28-,29-,30+/m0/s1. The molecule has 0 bridgehead atoms. The summed E-state index contributed by atoms with van der Waals surface area (Å²) in [7, 11) is -4.07. The molecule has 230 valence electrons. The number of aliphatic hydroxyl groups excluding tert-OH is 1. The Hall–Kier alpha value is -3.18. The third kappa shape index (κ3) is 8.06. The maximum absolute atomic E-state index is 13.9. The average molecular weight is 624 g/mol. The van der Waals surface area contributed by atoms with Crippen LogP contribution in [0.25, 0.3) is 0 Å². The molecule has 0 spiro atoms. The second-order valence-electron chi connectivity index (χ2n) is 11.5. The van der Waals surface area contributed by atoms with Gasteiger partial charge < -0.3 is 15.3 Å². The van der Waals surface area contributed by atoms with Crippen LogP contribution in [-0.4, -0.2) is 59.1 Å².